The third-order valence-corrected chi connectivity index (χ3v) is 11.9. The van der Waals surface area contributed by atoms with Gasteiger partial charge < -0.3 is 125 Å². The lowest BCUT2D eigenvalue weighted by atomic mass is 9.91. The van der Waals surface area contributed by atoms with Crippen LogP contribution in [0.2, 0.25) is 0 Å². The first-order valence-electron chi connectivity index (χ1n) is 21.6. The summed E-state index contributed by atoms with van der Waals surface area (Å²) < 4.78 is 32.3. The summed E-state index contributed by atoms with van der Waals surface area (Å²) >= 11 is 0. The van der Waals surface area contributed by atoms with Crippen LogP contribution in [0.4, 0.5) is 0 Å². The van der Waals surface area contributed by atoms with Crippen LogP contribution in [-0.4, -0.2) is 170 Å². The molecule has 0 aliphatic carbocycles. The Labute approximate surface area is 438 Å². The number of esters is 5. The molecule has 4 atom stereocenters. The molecular weight excluding hydrogens is 1090 g/mol. The molecule has 0 amide bonds. The zero-order valence-corrected chi connectivity index (χ0v) is 38.9. The van der Waals surface area contributed by atoms with Crippen LogP contribution in [0.15, 0.2) is 42.5 Å². The maximum atomic E-state index is 14.9. The van der Waals surface area contributed by atoms with Crippen LogP contribution in [0, 0.1) is 0 Å². The SMILES string of the molecule is O=C(O[C@@H]1COC(=O)c2cc(Oc3c(C(=O)O)cc(O)c(O)c3O)c(O)c(O)c2-c2c(cc(O)c(O)c2O)C(=O)O[C@H]1[C@@H]1OC(=O)c2cc(O)c(O)c(O)c2-c2c(cc(O)c(O)c2O)C(=O)O[C@H]1C(=O)O)c1cc(O)c(O)c(O)c1. The van der Waals surface area contributed by atoms with Gasteiger partial charge in [-0.25, -0.2) is 33.6 Å². The molecule has 8 rings (SSSR count). The predicted octanol–water partition coefficient (Wildman–Crippen LogP) is 2.28. The number of rotatable bonds is 7. The molecule has 416 valence electrons. The van der Waals surface area contributed by atoms with Crippen molar-refractivity contribution in [1.82, 2.24) is 0 Å². The van der Waals surface area contributed by atoms with E-state index in [9.17, 15) is 131 Å². The molecule has 6 aromatic carbocycles. The number of hydrogen-bond donors (Lipinski definition) is 19. The lowest BCUT2D eigenvalue weighted by Gasteiger charge is -2.35. The summed E-state index contributed by atoms with van der Waals surface area (Å²) in [5.74, 6) is -42.5. The van der Waals surface area contributed by atoms with Gasteiger partial charge in [0.15, 0.2) is 93.1 Å². The number of benzene rings is 6. The summed E-state index contributed by atoms with van der Waals surface area (Å²) in [6.07, 6.45) is -12.4. The molecule has 6 aromatic rings. The largest absolute Gasteiger partial charge is 0.504 e. The fourth-order valence-corrected chi connectivity index (χ4v) is 8.13. The summed E-state index contributed by atoms with van der Waals surface area (Å²) in [7, 11) is 0. The number of carboxylic acid groups (broad SMARTS) is 2. The third kappa shape index (κ3) is 8.90. The Morgan fingerprint density at radius 2 is 0.812 bits per heavy atom. The van der Waals surface area contributed by atoms with Crippen LogP contribution in [0.5, 0.6) is 109 Å². The van der Waals surface area contributed by atoms with E-state index in [1.807, 2.05) is 0 Å². The van der Waals surface area contributed by atoms with Crippen molar-refractivity contribution >= 4 is 41.8 Å². The quantitative estimate of drug-likeness (QED) is 0.0619. The molecule has 19 N–H and O–H groups in total. The van der Waals surface area contributed by atoms with Crippen molar-refractivity contribution in [2.24, 2.45) is 0 Å². The monoisotopic (exact) mass is 1120 g/mol. The molecular formula is C48H32O32. The summed E-state index contributed by atoms with van der Waals surface area (Å²) in [4.78, 5) is 97.8. The molecule has 0 unspecified atom stereocenters. The van der Waals surface area contributed by atoms with Gasteiger partial charge in [-0.1, -0.05) is 0 Å². The smallest absolute Gasteiger partial charge is 0.349 e. The number of aromatic hydroxyl groups is 17. The molecule has 0 fully saturated rings. The highest BCUT2D eigenvalue weighted by Gasteiger charge is 2.51. The van der Waals surface area contributed by atoms with Crippen molar-refractivity contribution in [2.45, 2.75) is 24.4 Å². The van der Waals surface area contributed by atoms with Gasteiger partial charge in [-0.15, -0.1) is 0 Å². The number of phenolic OH excluding ortho intramolecular Hbond substituents is 17. The third-order valence-electron chi connectivity index (χ3n) is 11.9. The Kier molecular flexibility index (Phi) is 13.3. The summed E-state index contributed by atoms with van der Waals surface area (Å²) in [6.45, 7) is -1.76. The normalized spacial score (nSPS) is 17.1. The number of phenols is 17. The number of carbonyl (C=O) groups excluding carboxylic acids is 5. The Morgan fingerprint density at radius 3 is 1.26 bits per heavy atom. The van der Waals surface area contributed by atoms with Gasteiger partial charge in [0.25, 0.3) is 0 Å². The van der Waals surface area contributed by atoms with E-state index >= 15 is 0 Å². The zero-order valence-electron chi connectivity index (χ0n) is 38.9. The zero-order chi connectivity index (χ0) is 59.0. The molecule has 0 radical (unpaired) electrons. The van der Waals surface area contributed by atoms with Gasteiger partial charge in [0.05, 0.1) is 27.8 Å². The van der Waals surface area contributed by atoms with Crippen molar-refractivity contribution in [3.63, 3.8) is 0 Å². The fraction of sp³-hybridized carbons (Fsp3) is 0.104. The van der Waals surface area contributed by atoms with E-state index in [0.29, 0.717) is 18.2 Å². The lowest BCUT2D eigenvalue weighted by molar-refractivity contribution is -0.167. The number of hydrogen-bond acceptors (Lipinski definition) is 30. The van der Waals surface area contributed by atoms with Gasteiger partial charge in [0.1, 0.15) is 12.2 Å². The van der Waals surface area contributed by atoms with Crippen molar-refractivity contribution in [2.75, 3.05) is 6.61 Å². The molecule has 32 nitrogen and oxygen atoms in total. The highest BCUT2D eigenvalue weighted by Crippen LogP contribution is 2.57. The maximum Gasteiger partial charge on any atom is 0.349 e. The second-order valence-electron chi connectivity index (χ2n) is 16.7. The van der Waals surface area contributed by atoms with Crippen LogP contribution in [0.3, 0.4) is 0 Å². The summed E-state index contributed by atoms with van der Waals surface area (Å²) in [6, 6.07) is 2.12. The Morgan fingerprint density at radius 1 is 0.425 bits per heavy atom. The number of cyclic esters (lactones) is 4. The molecule has 2 heterocycles. The molecule has 0 saturated heterocycles. The number of carbonyl (C=O) groups is 7. The second-order valence-corrected chi connectivity index (χ2v) is 16.7. The van der Waals surface area contributed by atoms with Gasteiger partial charge in [-0.05, 0) is 30.3 Å². The van der Waals surface area contributed by atoms with E-state index < -0.39 is 238 Å². The maximum absolute atomic E-state index is 14.9. The molecule has 2 aliphatic heterocycles. The van der Waals surface area contributed by atoms with Crippen LogP contribution in [0.25, 0.3) is 22.3 Å². The van der Waals surface area contributed by atoms with Crippen LogP contribution in [0.1, 0.15) is 62.1 Å². The van der Waals surface area contributed by atoms with Gasteiger partial charge in [-0.2, -0.15) is 0 Å². The Hall–Kier alpha value is -12.0. The number of ether oxygens (including phenoxy) is 6. The van der Waals surface area contributed by atoms with Crippen molar-refractivity contribution < 1.29 is 159 Å². The van der Waals surface area contributed by atoms with E-state index in [1.54, 1.807) is 0 Å². The van der Waals surface area contributed by atoms with Crippen LogP contribution >= 0.6 is 0 Å². The summed E-state index contributed by atoms with van der Waals surface area (Å²) in [5.41, 5.74) is -12.8. The molecule has 2 aliphatic rings. The molecule has 32 heteroatoms. The minimum absolute atomic E-state index is 0.185. The first-order chi connectivity index (χ1) is 37.5. The molecule has 0 spiro atoms. The van der Waals surface area contributed by atoms with Crippen LogP contribution in [-0.2, 0) is 28.5 Å². The average Bonchev–Trinajstić information content (AvgIpc) is 3.55. The first kappa shape index (κ1) is 54.3. The number of aliphatic carboxylic acids is 1. The van der Waals surface area contributed by atoms with E-state index in [2.05, 4.69) is 0 Å². The lowest BCUT2D eigenvalue weighted by Crippen LogP contribution is -2.55. The Balaban J connectivity index is 1.40. The van der Waals surface area contributed by atoms with Gasteiger partial charge in [0.2, 0.25) is 40.6 Å². The van der Waals surface area contributed by atoms with E-state index in [-0.39, 0.29) is 24.3 Å². The highest BCUT2D eigenvalue weighted by molar-refractivity contribution is 6.10. The van der Waals surface area contributed by atoms with Crippen molar-refractivity contribution in [3.05, 3.63) is 75.8 Å². The van der Waals surface area contributed by atoms with E-state index in [1.165, 1.54) is 0 Å². The number of carboxylic acids is 2. The topological polar surface area (TPSA) is 559 Å². The van der Waals surface area contributed by atoms with E-state index in [0.717, 1.165) is 0 Å². The van der Waals surface area contributed by atoms with Crippen LogP contribution < -0.4 is 4.74 Å². The number of fused-ring (bicyclic) bond motifs is 6. The second kappa shape index (κ2) is 19.6. The predicted molar refractivity (Wildman–Crippen MR) is 247 cm³/mol. The summed E-state index contributed by atoms with van der Waals surface area (Å²) in [5, 5.41) is 202. The van der Waals surface area contributed by atoms with Gasteiger partial charge >= 0.3 is 41.8 Å². The van der Waals surface area contributed by atoms with Gasteiger partial charge in [-0.3, -0.25) is 0 Å². The first-order valence-corrected chi connectivity index (χ1v) is 21.6. The Bertz CT molecular complexity index is 3740. The minimum atomic E-state index is -3.25. The number of aromatic carboxylic acids is 1. The minimum Gasteiger partial charge on any atom is -0.504 e. The van der Waals surface area contributed by atoms with Gasteiger partial charge in [0, 0.05) is 34.4 Å². The molecule has 0 bridgehead atoms. The molecule has 80 heavy (non-hydrogen) atoms. The van der Waals surface area contributed by atoms with Crippen molar-refractivity contribution in [1.29, 1.82) is 0 Å². The average molecular weight is 1120 g/mol. The molecule has 0 aromatic heterocycles. The van der Waals surface area contributed by atoms with Crippen molar-refractivity contribution in [3.8, 4) is 131 Å². The standard InChI is InChI=1S/C48H32O32/c49-15-1-9(2-16(50)27(15)55)44(70)77-22-8-75-45(71)13-7-21(76-38-14(42(66)67)6-20(54)31(59)37(38)65)32(60)36(64)26(13)25-10(3-17(51)30(58)35(25)63)46(72)78-39(22)40-41(43(68)69)80-48(74)12-5-19(53)29(57)34(62)24(12)23-11(47(73)79-40)4-18(52)28(56)33(23)61/h1-7,22,39-41,49-65H,8H2,(H,66,67)(H,68,69)/t22-,39-,40+,41-/m1/s1. The highest BCUT2D eigenvalue weighted by atomic mass is 16.6. The molecule has 0 saturated carbocycles. The van der Waals surface area contributed by atoms with E-state index in [4.69, 9.17) is 28.4 Å². The fourth-order valence-electron chi connectivity index (χ4n) is 8.13.